The van der Waals surface area contributed by atoms with Gasteiger partial charge in [0.15, 0.2) is 0 Å². The number of amides is 2. The van der Waals surface area contributed by atoms with E-state index in [4.69, 9.17) is 0 Å². The van der Waals surface area contributed by atoms with Crippen molar-refractivity contribution < 1.29 is 9.59 Å². The highest BCUT2D eigenvalue weighted by Gasteiger charge is 2.42. The van der Waals surface area contributed by atoms with Crippen molar-refractivity contribution in [2.24, 2.45) is 5.92 Å². The van der Waals surface area contributed by atoms with Gasteiger partial charge in [0.05, 0.1) is 0 Å². The van der Waals surface area contributed by atoms with Crippen molar-refractivity contribution >= 4 is 23.6 Å². The van der Waals surface area contributed by atoms with Gasteiger partial charge in [-0.1, -0.05) is 20.8 Å². The summed E-state index contributed by atoms with van der Waals surface area (Å²) in [6, 6.07) is -0.707. The Morgan fingerprint density at radius 3 is 2.37 bits per heavy atom. The lowest BCUT2D eigenvalue weighted by atomic mass is 9.96. The van der Waals surface area contributed by atoms with Gasteiger partial charge in [-0.05, 0) is 32.4 Å². The Hall–Kier alpha value is -0.710. The van der Waals surface area contributed by atoms with E-state index in [0.717, 1.165) is 0 Å². The van der Waals surface area contributed by atoms with Gasteiger partial charge in [0, 0.05) is 11.3 Å². The monoisotopic (exact) mass is 286 g/mol. The number of carbonyl (C=O) groups excluding carboxylic acids is 2. The molecule has 1 fully saturated rings. The molecule has 0 saturated carbocycles. The van der Waals surface area contributed by atoms with E-state index < -0.39 is 0 Å². The molecule has 19 heavy (non-hydrogen) atoms. The third-order valence-electron chi connectivity index (χ3n) is 3.68. The predicted octanol–water partition coefficient (Wildman–Crippen LogP) is 1.89. The lowest BCUT2D eigenvalue weighted by Crippen LogP contribution is -2.66. The van der Waals surface area contributed by atoms with Crippen molar-refractivity contribution in [1.29, 1.82) is 0 Å². The fourth-order valence-electron chi connectivity index (χ4n) is 2.31. The molecule has 0 aromatic heterocycles. The van der Waals surface area contributed by atoms with E-state index in [9.17, 15) is 9.59 Å². The summed E-state index contributed by atoms with van der Waals surface area (Å²) in [5.41, 5.74) is 0. The van der Waals surface area contributed by atoms with Crippen molar-refractivity contribution in [2.45, 2.75) is 57.9 Å². The molecule has 0 radical (unpaired) electrons. The fourth-order valence-corrected chi connectivity index (χ4v) is 2.57. The highest BCUT2D eigenvalue weighted by Crippen LogP contribution is 2.26. The Bertz CT molecular complexity index is 355. The molecule has 1 N–H and O–H groups in total. The molecule has 0 spiro atoms. The van der Waals surface area contributed by atoms with Crippen LogP contribution in [0.2, 0.25) is 0 Å². The van der Waals surface area contributed by atoms with Crippen LogP contribution in [0.5, 0.6) is 0 Å². The van der Waals surface area contributed by atoms with Crippen LogP contribution < -0.4 is 5.32 Å². The van der Waals surface area contributed by atoms with Crippen molar-refractivity contribution in [1.82, 2.24) is 10.2 Å². The first-order valence-corrected chi connectivity index (χ1v) is 8.12. The van der Waals surface area contributed by atoms with Crippen molar-refractivity contribution in [3.05, 3.63) is 0 Å². The zero-order valence-electron chi connectivity index (χ0n) is 12.8. The van der Waals surface area contributed by atoms with Gasteiger partial charge in [0.25, 0.3) is 0 Å². The topological polar surface area (TPSA) is 49.4 Å². The van der Waals surface area contributed by atoms with Crippen LogP contribution in [0.1, 0.15) is 41.0 Å². The second-order valence-corrected chi connectivity index (χ2v) is 7.60. The number of nitrogens with zero attached hydrogens (tertiary/aromatic N) is 1. The second kappa shape index (κ2) is 6.16. The summed E-state index contributed by atoms with van der Waals surface area (Å²) in [5.74, 6) is 0.162. The molecule has 2 amide bonds. The first-order chi connectivity index (χ1) is 8.73. The molecule has 1 aliphatic heterocycles. The van der Waals surface area contributed by atoms with E-state index >= 15 is 0 Å². The van der Waals surface area contributed by atoms with Crippen molar-refractivity contribution in [3.63, 3.8) is 0 Å². The van der Waals surface area contributed by atoms with Crippen LogP contribution in [0, 0.1) is 5.92 Å². The molecule has 1 saturated heterocycles. The number of hydrogen-bond donors (Lipinski definition) is 1. The first kappa shape index (κ1) is 16.3. The van der Waals surface area contributed by atoms with Crippen LogP contribution in [0.15, 0.2) is 0 Å². The number of carbonyl (C=O) groups is 2. The van der Waals surface area contributed by atoms with Gasteiger partial charge < -0.3 is 10.2 Å². The van der Waals surface area contributed by atoms with Crippen molar-refractivity contribution in [3.8, 4) is 0 Å². The maximum atomic E-state index is 12.6. The maximum absolute atomic E-state index is 12.6. The van der Waals surface area contributed by atoms with E-state index in [0.29, 0.717) is 13.0 Å². The lowest BCUT2D eigenvalue weighted by molar-refractivity contribution is -0.151. The smallest absolute Gasteiger partial charge is 0.246 e. The Labute approximate surface area is 120 Å². The molecule has 0 bridgehead atoms. The number of thioether (sulfide) groups is 1. The third kappa shape index (κ3) is 3.65. The fraction of sp³-hybridized carbons (Fsp3) is 0.857. The van der Waals surface area contributed by atoms with Crippen molar-refractivity contribution in [2.75, 3.05) is 12.8 Å². The minimum absolute atomic E-state index is 0.0160. The Balaban J connectivity index is 2.99. The molecule has 1 rings (SSSR count). The molecule has 1 heterocycles. The number of rotatable bonds is 5. The Morgan fingerprint density at radius 1 is 1.37 bits per heavy atom. The van der Waals surface area contributed by atoms with Crippen LogP contribution in [-0.2, 0) is 9.59 Å². The lowest BCUT2D eigenvalue weighted by Gasteiger charge is -2.43. The third-order valence-corrected chi connectivity index (χ3v) is 4.92. The summed E-state index contributed by atoms with van der Waals surface area (Å²) >= 11 is 1.72. The van der Waals surface area contributed by atoms with Gasteiger partial charge in [-0.2, -0.15) is 11.8 Å². The molecule has 0 aromatic carbocycles. The summed E-state index contributed by atoms with van der Waals surface area (Å²) in [4.78, 5) is 26.5. The van der Waals surface area contributed by atoms with E-state index in [-0.39, 0.29) is 34.6 Å². The van der Waals surface area contributed by atoms with Crippen LogP contribution in [-0.4, -0.2) is 46.3 Å². The molecule has 5 heteroatoms. The molecular weight excluding hydrogens is 260 g/mol. The minimum atomic E-state index is -0.382. The average Bonchev–Trinajstić information content (AvgIpc) is 2.33. The summed E-state index contributed by atoms with van der Waals surface area (Å²) in [6.45, 7) is 10.7. The van der Waals surface area contributed by atoms with Gasteiger partial charge in [-0.25, -0.2) is 0 Å². The molecule has 4 nitrogen and oxygen atoms in total. The van der Waals surface area contributed by atoms with Gasteiger partial charge >= 0.3 is 0 Å². The molecule has 0 aliphatic carbocycles. The summed E-state index contributed by atoms with van der Waals surface area (Å²) in [7, 11) is 0. The van der Waals surface area contributed by atoms with Crippen LogP contribution in [0.25, 0.3) is 0 Å². The van der Waals surface area contributed by atoms with Crippen LogP contribution >= 0.6 is 11.8 Å². The summed E-state index contributed by atoms with van der Waals surface area (Å²) < 4.78 is -0.0395. The zero-order chi connectivity index (χ0) is 14.8. The van der Waals surface area contributed by atoms with E-state index in [2.05, 4.69) is 19.2 Å². The highest BCUT2D eigenvalue weighted by molar-refractivity contribution is 7.99. The average molecular weight is 286 g/mol. The van der Waals surface area contributed by atoms with E-state index in [1.807, 2.05) is 27.0 Å². The molecule has 110 valence electrons. The predicted molar refractivity (Wildman–Crippen MR) is 80.2 cm³/mol. The van der Waals surface area contributed by atoms with Crippen LogP contribution in [0.4, 0.5) is 0 Å². The summed E-state index contributed by atoms with van der Waals surface area (Å²) in [5, 5.41) is 2.86. The number of hydrogen-bond acceptors (Lipinski definition) is 3. The largest absolute Gasteiger partial charge is 0.342 e. The minimum Gasteiger partial charge on any atom is -0.342 e. The molecule has 0 aromatic rings. The number of piperazine rings is 1. The second-order valence-electron chi connectivity index (χ2n) is 6.08. The number of nitrogens with one attached hydrogen (secondary N) is 1. The molecule has 1 aliphatic rings. The molecule has 2 unspecified atom stereocenters. The molecular formula is C14H26N2O2S. The van der Waals surface area contributed by atoms with Gasteiger partial charge in [0.1, 0.15) is 12.1 Å². The first-order valence-electron chi connectivity index (χ1n) is 6.89. The Kier molecular flexibility index (Phi) is 5.30. The van der Waals surface area contributed by atoms with Gasteiger partial charge in [0.2, 0.25) is 11.8 Å². The van der Waals surface area contributed by atoms with Crippen LogP contribution in [0.3, 0.4) is 0 Å². The standard InChI is InChI=1S/C14H26N2O2S/c1-7-10-12(17)15-11(9(2)3)13(18)16(10)8-14(4,5)19-6/h9-11H,7-8H2,1-6H3,(H,15,17). The SMILES string of the molecule is CCC1C(=O)NC(C(C)C)C(=O)N1CC(C)(C)SC. The van der Waals surface area contributed by atoms with Gasteiger partial charge in [-0.3, -0.25) is 9.59 Å². The summed E-state index contributed by atoms with van der Waals surface area (Å²) in [6.07, 6.45) is 2.70. The highest BCUT2D eigenvalue weighted by atomic mass is 32.2. The quantitative estimate of drug-likeness (QED) is 0.839. The van der Waals surface area contributed by atoms with E-state index in [1.54, 1.807) is 16.7 Å². The van der Waals surface area contributed by atoms with Gasteiger partial charge in [-0.15, -0.1) is 0 Å². The zero-order valence-corrected chi connectivity index (χ0v) is 13.6. The Morgan fingerprint density at radius 2 is 1.95 bits per heavy atom. The molecule has 2 atom stereocenters. The van der Waals surface area contributed by atoms with E-state index in [1.165, 1.54) is 0 Å². The maximum Gasteiger partial charge on any atom is 0.246 e. The normalized spacial score (nSPS) is 24.9.